The maximum Gasteiger partial charge on any atom is 0.273 e. The number of phenolic OH excluding ortho intramolecular Hbond substituents is 1. The smallest absolute Gasteiger partial charge is 0.273 e. The maximum absolute atomic E-state index is 13.8. The van der Waals surface area contributed by atoms with Crippen LogP contribution in [0.25, 0.3) is 11.3 Å². The molecule has 2 unspecified atom stereocenters. The van der Waals surface area contributed by atoms with Gasteiger partial charge in [0, 0.05) is 22.2 Å². The molecule has 2 aromatic carbocycles. The third-order valence-corrected chi connectivity index (χ3v) is 9.14. The standard InChI is InChI=1S/C28H32ClN3O6S/c1-4-37-23-13-17(5-8-22(23)38-11-9-16(2)3)27-24-25(20-14-18(29)6-7-21(20)33)30-31-26(24)28(34)32(27)19-10-12-39(35,36)15-19/h5-8,13-14,16,19,27,33H,4,9-12,15H2,1-3H3,(H,30,31). The predicted molar refractivity (Wildman–Crippen MR) is 148 cm³/mol. The van der Waals surface area contributed by atoms with Crippen LogP contribution >= 0.6 is 11.6 Å². The van der Waals surface area contributed by atoms with Crippen molar-refractivity contribution in [1.29, 1.82) is 0 Å². The molecule has 0 aliphatic carbocycles. The molecule has 0 bridgehead atoms. The number of rotatable bonds is 9. The molecular formula is C28H32ClN3O6S. The first-order chi connectivity index (χ1) is 18.6. The summed E-state index contributed by atoms with van der Waals surface area (Å²) in [5.41, 5.74) is 2.28. The lowest BCUT2D eigenvalue weighted by Crippen LogP contribution is -2.40. The number of carbonyl (C=O) groups is 1. The van der Waals surface area contributed by atoms with E-state index in [-0.39, 0.29) is 28.9 Å². The number of hydrogen-bond acceptors (Lipinski definition) is 7. The molecule has 0 saturated carbocycles. The number of aromatic amines is 1. The van der Waals surface area contributed by atoms with Crippen LogP contribution in [0.5, 0.6) is 17.2 Å². The lowest BCUT2D eigenvalue weighted by molar-refractivity contribution is 0.0677. The molecule has 11 heteroatoms. The Kier molecular flexibility index (Phi) is 7.52. The van der Waals surface area contributed by atoms with Crippen molar-refractivity contribution in [3.63, 3.8) is 0 Å². The van der Waals surface area contributed by atoms with Crippen LogP contribution in [-0.2, 0) is 9.84 Å². The normalized spacial score (nSPS) is 20.0. The highest BCUT2D eigenvalue weighted by atomic mass is 35.5. The topological polar surface area (TPSA) is 122 Å². The van der Waals surface area contributed by atoms with Crippen LogP contribution < -0.4 is 9.47 Å². The third kappa shape index (κ3) is 5.32. The number of fused-ring (bicyclic) bond motifs is 1. The molecule has 208 valence electrons. The van der Waals surface area contributed by atoms with E-state index in [1.807, 2.05) is 25.1 Å². The van der Waals surface area contributed by atoms with E-state index in [0.717, 1.165) is 12.0 Å². The van der Waals surface area contributed by atoms with Gasteiger partial charge in [-0.05, 0) is 61.6 Å². The molecule has 1 aromatic heterocycles. The van der Waals surface area contributed by atoms with Crippen molar-refractivity contribution in [3.8, 4) is 28.5 Å². The van der Waals surface area contributed by atoms with Crippen molar-refractivity contribution in [2.24, 2.45) is 5.92 Å². The summed E-state index contributed by atoms with van der Waals surface area (Å²) in [4.78, 5) is 15.4. The van der Waals surface area contributed by atoms with Crippen LogP contribution in [0.15, 0.2) is 36.4 Å². The van der Waals surface area contributed by atoms with Gasteiger partial charge in [-0.1, -0.05) is 31.5 Å². The third-order valence-electron chi connectivity index (χ3n) is 7.16. The Morgan fingerprint density at radius 1 is 1.18 bits per heavy atom. The number of phenols is 1. The monoisotopic (exact) mass is 573 g/mol. The Balaban J connectivity index is 1.63. The molecule has 0 radical (unpaired) electrons. The van der Waals surface area contributed by atoms with E-state index in [2.05, 4.69) is 24.0 Å². The summed E-state index contributed by atoms with van der Waals surface area (Å²) in [5.74, 6) is 1.16. The Hall–Kier alpha value is -3.24. The predicted octanol–water partition coefficient (Wildman–Crippen LogP) is 4.99. The summed E-state index contributed by atoms with van der Waals surface area (Å²) in [6, 6.07) is 8.99. The number of benzene rings is 2. The number of hydrogen-bond donors (Lipinski definition) is 2. The van der Waals surface area contributed by atoms with Gasteiger partial charge in [0.15, 0.2) is 21.3 Å². The highest BCUT2D eigenvalue weighted by molar-refractivity contribution is 7.91. The quantitative estimate of drug-likeness (QED) is 0.370. The van der Waals surface area contributed by atoms with Gasteiger partial charge in [0.2, 0.25) is 0 Å². The summed E-state index contributed by atoms with van der Waals surface area (Å²) >= 11 is 6.24. The van der Waals surface area contributed by atoms with Crippen molar-refractivity contribution >= 4 is 27.3 Å². The molecule has 3 heterocycles. The van der Waals surface area contributed by atoms with Gasteiger partial charge in [0.25, 0.3) is 5.91 Å². The summed E-state index contributed by atoms with van der Waals surface area (Å²) in [6.45, 7) is 7.09. The van der Waals surface area contributed by atoms with E-state index in [0.29, 0.717) is 58.9 Å². The highest BCUT2D eigenvalue weighted by Crippen LogP contribution is 2.48. The number of nitrogens with zero attached hydrogens (tertiary/aromatic N) is 2. The number of halogens is 1. The first-order valence-electron chi connectivity index (χ1n) is 13.1. The second-order valence-corrected chi connectivity index (χ2v) is 13.0. The molecule has 5 rings (SSSR count). The number of amides is 1. The van der Waals surface area contributed by atoms with Gasteiger partial charge in [0.1, 0.15) is 17.1 Å². The van der Waals surface area contributed by atoms with Gasteiger partial charge in [-0.25, -0.2) is 8.42 Å². The van der Waals surface area contributed by atoms with Crippen LogP contribution in [-0.4, -0.2) is 65.3 Å². The van der Waals surface area contributed by atoms with E-state index in [9.17, 15) is 18.3 Å². The molecule has 2 aliphatic heterocycles. The molecule has 39 heavy (non-hydrogen) atoms. The van der Waals surface area contributed by atoms with E-state index in [1.165, 1.54) is 6.07 Å². The minimum atomic E-state index is -3.27. The van der Waals surface area contributed by atoms with Gasteiger partial charge in [0.05, 0.1) is 30.8 Å². The number of aromatic nitrogens is 2. The number of sulfone groups is 1. The van der Waals surface area contributed by atoms with Crippen LogP contribution in [0.3, 0.4) is 0 Å². The molecule has 0 spiro atoms. The molecule has 3 aromatic rings. The lowest BCUT2D eigenvalue weighted by atomic mass is 9.94. The zero-order valence-corrected chi connectivity index (χ0v) is 23.7. The van der Waals surface area contributed by atoms with Crippen molar-refractivity contribution in [3.05, 3.63) is 58.2 Å². The number of nitrogens with one attached hydrogen (secondary N) is 1. The summed E-state index contributed by atoms with van der Waals surface area (Å²) in [5, 5.41) is 18.3. The average molecular weight is 574 g/mol. The average Bonchev–Trinajstić information content (AvgIpc) is 3.54. The summed E-state index contributed by atoms with van der Waals surface area (Å²) < 4.78 is 36.8. The second kappa shape index (κ2) is 10.7. The van der Waals surface area contributed by atoms with Gasteiger partial charge < -0.3 is 19.5 Å². The maximum atomic E-state index is 13.8. The van der Waals surface area contributed by atoms with Crippen LogP contribution in [0.2, 0.25) is 5.02 Å². The van der Waals surface area contributed by atoms with Crippen LogP contribution in [0, 0.1) is 5.92 Å². The minimum Gasteiger partial charge on any atom is -0.507 e. The highest BCUT2D eigenvalue weighted by Gasteiger charge is 2.48. The zero-order valence-electron chi connectivity index (χ0n) is 22.1. The molecule has 1 amide bonds. The first-order valence-corrected chi connectivity index (χ1v) is 15.3. The Bertz CT molecular complexity index is 1500. The molecular weight excluding hydrogens is 542 g/mol. The Morgan fingerprint density at radius 2 is 1.97 bits per heavy atom. The first kappa shape index (κ1) is 27.3. The van der Waals surface area contributed by atoms with Crippen molar-refractivity contribution in [2.45, 2.75) is 45.7 Å². The van der Waals surface area contributed by atoms with Crippen molar-refractivity contribution in [1.82, 2.24) is 15.1 Å². The van der Waals surface area contributed by atoms with Gasteiger partial charge >= 0.3 is 0 Å². The van der Waals surface area contributed by atoms with E-state index in [1.54, 1.807) is 17.0 Å². The van der Waals surface area contributed by atoms with Crippen molar-refractivity contribution in [2.75, 3.05) is 24.7 Å². The summed E-state index contributed by atoms with van der Waals surface area (Å²) in [7, 11) is -3.27. The molecule has 2 aliphatic rings. The molecule has 2 N–H and O–H groups in total. The number of aromatic hydroxyl groups is 1. The number of carbonyl (C=O) groups excluding carboxylic acids is 1. The Labute approximate surface area is 233 Å². The Morgan fingerprint density at radius 3 is 2.67 bits per heavy atom. The van der Waals surface area contributed by atoms with E-state index >= 15 is 0 Å². The fourth-order valence-corrected chi connectivity index (χ4v) is 7.14. The van der Waals surface area contributed by atoms with E-state index in [4.69, 9.17) is 21.1 Å². The molecule has 2 atom stereocenters. The van der Waals surface area contributed by atoms with Crippen molar-refractivity contribution < 1.29 is 27.8 Å². The fraction of sp³-hybridized carbons (Fsp3) is 0.429. The summed E-state index contributed by atoms with van der Waals surface area (Å²) in [6.07, 6.45) is 1.23. The molecule has 1 saturated heterocycles. The zero-order chi connectivity index (χ0) is 27.9. The van der Waals surface area contributed by atoms with E-state index < -0.39 is 21.9 Å². The van der Waals surface area contributed by atoms with Gasteiger partial charge in [-0.3, -0.25) is 9.89 Å². The SMILES string of the molecule is CCOc1cc(C2c3c(-c4cc(Cl)ccc4O)n[nH]c3C(=O)N2C2CCS(=O)(=O)C2)ccc1OCCC(C)C. The second-order valence-electron chi connectivity index (χ2n) is 10.4. The fourth-order valence-electron chi connectivity index (χ4n) is 5.25. The molecule has 1 fully saturated rings. The number of ether oxygens (including phenoxy) is 2. The minimum absolute atomic E-state index is 0.0229. The number of H-pyrrole nitrogens is 1. The van der Waals surface area contributed by atoms with Gasteiger partial charge in [-0.15, -0.1) is 0 Å². The van der Waals surface area contributed by atoms with Gasteiger partial charge in [-0.2, -0.15) is 5.10 Å². The largest absolute Gasteiger partial charge is 0.507 e. The lowest BCUT2D eigenvalue weighted by Gasteiger charge is -2.31. The molecule has 9 nitrogen and oxygen atoms in total. The van der Waals surface area contributed by atoms with Crippen LogP contribution in [0.4, 0.5) is 0 Å². The van der Waals surface area contributed by atoms with Crippen LogP contribution in [0.1, 0.15) is 61.3 Å².